The molecule has 1 aliphatic heterocycles. The summed E-state index contributed by atoms with van der Waals surface area (Å²) in [6, 6.07) is 6.46. The number of hydrogen-bond acceptors (Lipinski definition) is 2. The monoisotopic (exact) mass is 223 g/mol. The summed E-state index contributed by atoms with van der Waals surface area (Å²) in [6.45, 7) is 1.95. The van der Waals surface area contributed by atoms with Crippen LogP contribution in [0.3, 0.4) is 0 Å². The van der Waals surface area contributed by atoms with Gasteiger partial charge in [0.25, 0.3) is 0 Å². The molecule has 0 spiro atoms. The van der Waals surface area contributed by atoms with E-state index in [4.69, 9.17) is 5.11 Å². The number of halogens is 1. The first-order chi connectivity index (χ1) is 7.66. The molecule has 1 unspecified atom stereocenters. The molecule has 1 aromatic carbocycles. The fourth-order valence-electron chi connectivity index (χ4n) is 2.25. The van der Waals surface area contributed by atoms with E-state index in [0.29, 0.717) is 5.56 Å². The molecule has 1 N–H and O–H groups in total. The minimum absolute atomic E-state index is 0.126. The molecule has 88 valence electrons. The van der Waals surface area contributed by atoms with Crippen molar-refractivity contribution in [2.75, 3.05) is 20.1 Å². The molecule has 1 atom stereocenters. The van der Waals surface area contributed by atoms with Crippen molar-refractivity contribution < 1.29 is 9.50 Å². The fourth-order valence-corrected chi connectivity index (χ4v) is 2.25. The van der Waals surface area contributed by atoms with Crippen LogP contribution in [0, 0.1) is 5.92 Å². The Bertz CT molecular complexity index is 330. The van der Waals surface area contributed by atoms with Crippen molar-refractivity contribution in [3.05, 3.63) is 29.8 Å². The zero-order valence-corrected chi connectivity index (χ0v) is 9.56. The van der Waals surface area contributed by atoms with Gasteiger partial charge in [0, 0.05) is 0 Å². The number of likely N-dealkylation sites (tertiary alicyclic amines) is 1. The first-order valence-corrected chi connectivity index (χ1v) is 5.78. The number of phenols is 1. The van der Waals surface area contributed by atoms with Gasteiger partial charge in [-0.25, -0.2) is 4.39 Å². The zero-order valence-electron chi connectivity index (χ0n) is 9.56. The number of aromatic hydroxyl groups is 1. The van der Waals surface area contributed by atoms with Crippen LogP contribution in [0.2, 0.25) is 0 Å². The molecule has 1 fully saturated rings. The van der Waals surface area contributed by atoms with Crippen LogP contribution in [-0.4, -0.2) is 30.1 Å². The van der Waals surface area contributed by atoms with E-state index in [0.717, 1.165) is 25.9 Å². The highest BCUT2D eigenvalue weighted by atomic mass is 19.1. The fraction of sp³-hybridized carbons (Fsp3) is 0.538. The van der Waals surface area contributed by atoms with E-state index in [9.17, 15) is 4.39 Å². The van der Waals surface area contributed by atoms with Crippen molar-refractivity contribution in [1.82, 2.24) is 4.90 Å². The van der Waals surface area contributed by atoms with Crippen LogP contribution < -0.4 is 0 Å². The maximum absolute atomic E-state index is 14.2. The van der Waals surface area contributed by atoms with Crippen LogP contribution in [0.5, 0.6) is 5.75 Å². The van der Waals surface area contributed by atoms with Crippen LogP contribution in [0.4, 0.5) is 4.39 Å². The number of hydrogen-bond donors (Lipinski definition) is 1. The van der Waals surface area contributed by atoms with E-state index in [-0.39, 0.29) is 11.7 Å². The molecule has 2 nitrogen and oxygen atoms in total. The van der Waals surface area contributed by atoms with E-state index < -0.39 is 6.17 Å². The van der Waals surface area contributed by atoms with Gasteiger partial charge in [0.2, 0.25) is 0 Å². The maximum atomic E-state index is 14.2. The van der Waals surface area contributed by atoms with E-state index in [1.807, 2.05) is 0 Å². The van der Waals surface area contributed by atoms with Gasteiger partial charge in [-0.15, -0.1) is 0 Å². The summed E-state index contributed by atoms with van der Waals surface area (Å²) >= 11 is 0. The van der Waals surface area contributed by atoms with Crippen LogP contribution in [-0.2, 0) is 0 Å². The Morgan fingerprint density at radius 1 is 1.25 bits per heavy atom. The van der Waals surface area contributed by atoms with Gasteiger partial charge in [-0.1, -0.05) is 12.1 Å². The van der Waals surface area contributed by atoms with Gasteiger partial charge < -0.3 is 10.0 Å². The van der Waals surface area contributed by atoms with Crippen LogP contribution in [0.1, 0.15) is 24.6 Å². The Hall–Kier alpha value is -1.09. The topological polar surface area (TPSA) is 23.5 Å². The molecule has 0 aliphatic carbocycles. The van der Waals surface area contributed by atoms with Gasteiger partial charge in [-0.05, 0) is 56.6 Å². The van der Waals surface area contributed by atoms with Gasteiger partial charge in [0.05, 0.1) is 0 Å². The van der Waals surface area contributed by atoms with Gasteiger partial charge in [0.1, 0.15) is 11.9 Å². The second-order valence-corrected chi connectivity index (χ2v) is 4.63. The maximum Gasteiger partial charge on any atom is 0.128 e. The molecule has 0 amide bonds. The van der Waals surface area contributed by atoms with E-state index >= 15 is 0 Å². The molecule has 1 heterocycles. The highest BCUT2D eigenvalue weighted by Crippen LogP contribution is 2.33. The lowest BCUT2D eigenvalue weighted by atomic mass is 9.88. The SMILES string of the molecule is CN1CCC(C(F)c2ccc(O)cc2)CC1. The van der Waals surface area contributed by atoms with Crippen molar-refractivity contribution in [3.63, 3.8) is 0 Å². The normalized spacial score (nSPS) is 20.9. The van der Waals surface area contributed by atoms with Gasteiger partial charge in [0.15, 0.2) is 0 Å². The minimum Gasteiger partial charge on any atom is -0.508 e. The molecule has 3 heteroatoms. The van der Waals surface area contributed by atoms with Crippen molar-refractivity contribution in [2.24, 2.45) is 5.92 Å². The number of nitrogens with zero attached hydrogens (tertiary/aromatic N) is 1. The van der Waals surface area contributed by atoms with Gasteiger partial charge in [-0.3, -0.25) is 0 Å². The first kappa shape index (κ1) is 11.4. The highest BCUT2D eigenvalue weighted by molar-refractivity contribution is 5.27. The summed E-state index contributed by atoms with van der Waals surface area (Å²) in [5, 5.41) is 9.15. The first-order valence-electron chi connectivity index (χ1n) is 5.78. The summed E-state index contributed by atoms with van der Waals surface area (Å²) in [7, 11) is 2.07. The average Bonchev–Trinajstić information content (AvgIpc) is 2.30. The molecule has 16 heavy (non-hydrogen) atoms. The molecule has 2 rings (SSSR count). The van der Waals surface area contributed by atoms with E-state index in [1.54, 1.807) is 24.3 Å². The number of piperidine rings is 1. The predicted molar refractivity (Wildman–Crippen MR) is 62.2 cm³/mol. The standard InChI is InChI=1S/C13H18FNO/c1-15-8-6-11(7-9-15)13(14)10-2-4-12(16)5-3-10/h2-5,11,13,16H,6-9H2,1H3. The largest absolute Gasteiger partial charge is 0.508 e. The van der Waals surface area contributed by atoms with Crippen LogP contribution in [0.15, 0.2) is 24.3 Å². The molecule has 1 aromatic rings. The third kappa shape index (κ3) is 2.53. The molecule has 0 saturated carbocycles. The minimum atomic E-state index is -0.894. The van der Waals surface area contributed by atoms with Crippen molar-refractivity contribution >= 4 is 0 Å². The molecule has 0 aromatic heterocycles. The molecule has 1 saturated heterocycles. The Morgan fingerprint density at radius 2 is 1.81 bits per heavy atom. The number of alkyl halides is 1. The van der Waals surface area contributed by atoms with Crippen LogP contribution in [0.25, 0.3) is 0 Å². The number of benzene rings is 1. The predicted octanol–water partition coefficient (Wildman–Crippen LogP) is 2.74. The van der Waals surface area contributed by atoms with Gasteiger partial charge >= 0.3 is 0 Å². The Labute approximate surface area is 95.7 Å². The van der Waals surface area contributed by atoms with Gasteiger partial charge in [-0.2, -0.15) is 0 Å². The number of phenolic OH excluding ortho intramolecular Hbond substituents is 1. The van der Waals surface area contributed by atoms with Crippen molar-refractivity contribution in [2.45, 2.75) is 19.0 Å². The summed E-state index contributed by atoms with van der Waals surface area (Å²) in [5.74, 6) is 0.320. The second kappa shape index (κ2) is 4.83. The molecule has 1 aliphatic rings. The lowest BCUT2D eigenvalue weighted by molar-refractivity contribution is 0.137. The van der Waals surface area contributed by atoms with E-state index in [1.165, 1.54) is 0 Å². The van der Waals surface area contributed by atoms with Crippen molar-refractivity contribution in [3.8, 4) is 5.75 Å². The number of rotatable bonds is 2. The average molecular weight is 223 g/mol. The summed E-state index contributed by atoms with van der Waals surface area (Å²) < 4.78 is 14.2. The molecular weight excluding hydrogens is 205 g/mol. The Balaban J connectivity index is 2.01. The lowest BCUT2D eigenvalue weighted by Crippen LogP contribution is -2.31. The van der Waals surface area contributed by atoms with Crippen molar-refractivity contribution in [1.29, 1.82) is 0 Å². The summed E-state index contributed by atoms with van der Waals surface area (Å²) in [4.78, 5) is 2.24. The zero-order chi connectivity index (χ0) is 11.5. The molecule has 0 radical (unpaired) electrons. The highest BCUT2D eigenvalue weighted by Gasteiger charge is 2.26. The third-order valence-corrected chi connectivity index (χ3v) is 3.39. The molecule has 0 bridgehead atoms. The summed E-state index contributed by atoms with van der Waals surface area (Å²) in [6.07, 6.45) is 0.936. The second-order valence-electron chi connectivity index (χ2n) is 4.63. The molecular formula is C13H18FNO. The Kier molecular flexibility index (Phi) is 3.44. The van der Waals surface area contributed by atoms with E-state index in [2.05, 4.69) is 11.9 Å². The Morgan fingerprint density at radius 3 is 2.38 bits per heavy atom. The summed E-state index contributed by atoms with van der Waals surface area (Å²) in [5.41, 5.74) is 0.687. The lowest BCUT2D eigenvalue weighted by Gasteiger charge is -2.31. The smallest absolute Gasteiger partial charge is 0.128 e. The third-order valence-electron chi connectivity index (χ3n) is 3.39. The quantitative estimate of drug-likeness (QED) is 0.833. The van der Waals surface area contributed by atoms with Crippen LogP contribution >= 0.6 is 0 Å².